The van der Waals surface area contributed by atoms with E-state index in [0.717, 1.165) is 6.20 Å². The van der Waals surface area contributed by atoms with E-state index in [9.17, 15) is 9.18 Å². The average Bonchev–Trinajstić information content (AvgIpc) is 2.30. The third-order valence-corrected chi connectivity index (χ3v) is 3.20. The van der Waals surface area contributed by atoms with Gasteiger partial charge < -0.3 is 15.5 Å². The van der Waals surface area contributed by atoms with E-state index in [1.807, 2.05) is 0 Å². The van der Waals surface area contributed by atoms with Crippen LogP contribution in [0.1, 0.15) is 13.8 Å². The van der Waals surface area contributed by atoms with Gasteiger partial charge in [0, 0.05) is 20.1 Å². The molecule has 1 saturated heterocycles. The standard InChI is InChI=1S/C11H16FN5O/c1-11(2)9(18)16(3)4-5-17(11)8-7(12)6-14-10(13)15-8/h6H,4-5H2,1-3H3,(H2,13,14,15). The fourth-order valence-corrected chi connectivity index (χ4v) is 2.14. The summed E-state index contributed by atoms with van der Waals surface area (Å²) in [6, 6.07) is 0. The number of carbonyl (C=O) groups excluding carboxylic acids is 1. The monoisotopic (exact) mass is 253 g/mol. The third-order valence-electron chi connectivity index (χ3n) is 3.20. The molecule has 1 amide bonds. The highest BCUT2D eigenvalue weighted by atomic mass is 19.1. The van der Waals surface area contributed by atoms with E-state index in [0.29, 0.717) is 13.1 Å². The summed E-state index contributed by atoms with van der Waals surface area (Å²) in [7, 11) is 1.73. The first kappa shape index (κ1) is 12.5. The van der Waals surface area contributed by atoms with E-state index in [4.69, 9.17) is 5.73 Å². The Bertz CT molecular complexity index is 490. The highest BCUT2D eigenvalue weighted by molar-refractivity contribution is 5.90. The first-order valence-corrected chi connectivity index (χ1v) is 5.65. The van der Waals surface area contributed by atoms with Crippen molar-refractivity contribution >= 4 is 17.7 Å². The second-order valence-electron chi connectivity index (χ2n) is 4.84. The zero-order valence-corrected chi connectivity index (χ0v) is 10.6. The van der Waals surface area contributed by atoms with Crippen molar-refractivity contribution in [2.24, 2.45) is 0 Å². The van der Waals surface area contributed by atoms with Crippen molar-refractivity contribution < 1.29 is 9.18 Å². The highest BCUT2D eigenvalue weighted by Crippen LogP contribution is 2.28. The molecule has 1 aromatic rings. The maximum absolute atomic E-state index is 13.8. The zero-order chi connectivity index (χ0) is 13.5. The van der Waals surface area contributed by atoms with Crippen LogP contribution >= 0.6 is 0 Å². The highest BCUT2D eigenvalue weighted by Gasteiger charge is 2.42. The minimum atomic E-state index is -0.853. The van der Waals surface area contributed by atoms with Gasteiger partial charge in [0.1, 0.15) is 5.54 Å². The van der Waals surface area contributed by atoms with Crippen LogP contribution in [-0.2, 0) is 4.79 Å². The normalized spacial score (nSPS) is 19.2. The Morgan fingerprint density at radius 3 is 2.78 bits per heavy atom. The average molecular weight is 253 g/mol. The number of anilines is 2. The number of halogens is 1. The predicted molar refractivity (Wildman–Crippen MR) is 65.5 cm³/mol. The number of aromatic nitrogens is 2. The van der Waals surface area contributed by atoms with Gasteiger partial charge in [0.15, 0.2) is 11.6 Å². The maximum atomic E-state index is 13.8. The Hall–Kier alpha value is -1.92. The van der Waals surface area contributed by atoms with Gasteiger partial charge in [-0.25, -0.2) is 9.37 Å². The van der Waals surface area contributed by atoms with Crippen molar-refractivity contribution in [2.45, 2.75) is 19.4 Å². The van der Waals surface area contributed by atoms with Crippen LogP contribution in [0.3, 0.4) is 0 Å². The largest absolute Gasteiger partial charge is 0.368 e. The molecule has 0 radical (unpaired) electrons. The van der Waals surface area contributed by atoms with Gasteiger partial charge in [-0.1, -0.05) is 0 Å². The molecular weight excluding hydrogens is 237 g/mol. The Morgan fingerprint density at radius 1 is 1.44 bits per heavy atom. The summed E-state index contributed by atoms with van der Waals surface area (Å²) in [5, 5.41) is 0. The molecule has 0 atom stereocenters. The molecule has 98 valence electrons. The molecule has 0 saturated carbocycles. The van der Waals surface area contributed by atoms with E-state index < -0.39 is 11.4 Å². The summed E-state index contributed by atoms with van der Waals surface area (Å²) in [4.78, 5) is 22.8. The lowest BCUT2D eigenvalue weighted by molar-refractivity contribution is -0.136. The fourth-order valence-electron chi connectivity index (χ4n) is 2.14. The molecule has 1 aliphatic heterocycles. The SMILES string of the molecule is CN1CCN(c2nc(N)ncc2F)C(C)(C)C1=O. The number of hydrogen-bond acceptors (Lipinski definition) is 5. The topological polar surface area (TPSA) is 75.3 Å². The Balaban J connectivity index is 2.44. The van der Waals surface area contributed by atoms with Gasteiger partial charge in [-0.2, -0.15) is 4.98 Å². The van der Waals surface area contributed by atoms with Crippen molar-refractivity contribution in [2.75, 3.05) is 30.8 Å². The molecule has 2 rings (SSSR count). The molecule has 7 heteroatoms. The number of amides is 1. The minimum absolute atomic E-state index is 0.00595. The molecule has 1 fully saturated rings. The summed E-state index contributed by atoms with van der Waals surface area (Å²) >= 11 is 0. The van der Waals surface area contributed by atoms with Gasteiger partial charge in [0.2, 0.25) is 11.9 Å². The van der Waals surface area contributed by atoms with Crippen molar-refractivity contribution in [3.8, 4) is 0 Å². The Morgan fingerprint density at radius 2 is 2.11 bits per heavy atom. The van der Waals surface area contributed by atoms with E-state index in [-0.39, 0.29) is 17.7 Å². The minimum Gasteiger partial charge on any atom is -0.368 e. The smallest absolute Gasteiger partial charge is 0.247 e. The number of carbonyl (C=O) groups is 1. The quantitative estimate of drug-likeness (QED) is 0.776. The number of rotatable bonds is 1. The van der Waals surface area contributed by atoms with Crippen LogP contribution in [0.25, 0.3) is 0 Å². The van der Waals surface area contributed by atoms with Gasteiger partial charge in [-0.15, -0.1) is 0 Å². The van der Waals surface area contributed by atoms with Crippen LogP contribution in [0.15, 0.2) is 6.20 Å². The van der Waals surface area contributed by atoms with Crippen LogP contribution in [-0.4, -0.2) is 46.5 Å². The Labute approximate surface area is 105 Å². The second-order valence-corrected chi connectivity index (χ2v) is 4.84. The van der Waals surface area contributed by atoms with Crippen molar-refractivity contribution in [3.05, 3.63) is 12.0 Å². The molecule has 0 spiro atoms. The Kier molecular flexibility index (Phi) is 2.84. The molecule has 0 bridgehead atoms. The summed E-state index contributed by atoms with van der Waals surface area (Å²) in [5.74, 6) is -0.581. The van der Waals surface area contributed by atoms with Gasteiger partial charge in [-0.3, -0.25) is 4.79 Å². The molecule has 2 heterocycles. The van der Waals surface area contributed by atoms with Crippen molar-refractivity contribution in [1.29, 1.82) is 0 Å². The predicted octanol–water partition coefficient (Wildman–Crippen LogP) is 0.255. The number of nitrogens with two attached hydrogens (primary N) is 1. The lowest BCUT2D eigenvalue weighted by atomic mass is 9.98. The molecule has 0 aromatic carbocycles. The van der Waals surface area contributed by atoms with Gasteiger partial charge in [0.05, 0.1) is 6.20 Å². The van der Waals surface area contributed by atoms with Crippen LogP contribution in [0.2, 0.25) is 0 Å². The van der Waals surface area contributed by atoms with E-state index in [2.05, 4.69) is 9.97 Å². The van der Waals surface area contributed by atoms with E-state index in [1.54, 1.807) is 30.7 Å². The lowest BCUT2D eigenvalue weighted by Crippen LogP contribution is -2.62. The zero-order valence-electron chi connectivity index (χ0n) is 10.6. The molecule has 6 nitrogen and oxygen atoms in total. The molecular formula is C11H16FN5O. The number of hydrogen-bond donors (Lipinski definition) is 1. The molecule has 2 N–H and O–H groups in total. The number of likely N-dealkylation sites (N-methyl/N-ethyl adjacent to an activating group) is 1. The maximum Gasteiger partial charge on any atom is 0.247 e. The van der Waals surface area contributed by atoms with Crippen LogP contribution in [0.4, 0.5) is 16.2 Å². The van der Waals surface area contributed by atoms with Gasteiger partial charge in [-0.05, 0) is 13.8 Å². The number of piperazine rings is 1. The van der Waals surface area contributed by atoms with Gasteiger partial charge in [0.25, 0.3) is 0 Å². The molecule has 18 heavy (non-hydrogen) atoms. The molecule has 0 unspecified atom stereocenters. The van der Waals surface area contributed by atoms with Crippen LogP contribution in [0.5, 0.6) is 0 Å². The summed E-state index contributed by atoms with van der Waals surface area (Å²) in [6.07, 6.45) is 1.02. The second kappa shape index (κ2) is 4.08. The molecule has 0 aliphatic carbocycles. The number of nitrogens with zero attached hydrogens (tertiary/aromatic N) is 4. The molecule has 1 aliphatic rings. The number of nitrogen functional groups attached to an aromatic ring is 1. The summed E-state index contributed by atoms with van der Waals surface area (Å²) in [5.41, 5.74) is 4.62. The van der Waals surface area contributed by atoms with E-state index in [1.165, 1.54) is 0 Å². The summed E-state index contributed by atoms with van der Waals surface area (Å²) in [6.45, 7) is 4.50. The first-order valence-electron chi connectivity index (χ1n) is 5.65. The van der Waals surface area contributed by atoms with Crippen molar-refractivity contribution in [1.82, 2.24) is 14.9 Å². The van der Waals surface area contributed by atoms with E-state index >= 15 is 0 Å². The third kappa shape index (κ3) is 1.85. The van der Waals surface area contributed by atoms with Gasteiger partial charge >= 0.3 is 0 Å². The van der Waals surface area contributed by atoms with Crippen LogP contribution < -0.4 is 10.6 Å². The molecule has 1 aromatic heterocycles. The lowest BCUT2D eigenvalue weighted by Gasteiger charge is -2.45. The van der Waals surface area contributed by atoms with Crippen molar-refractivity contribution in [3.63, 3.8) is 0 Å². The van der Waals surface area contributed by atoms with Crippen LogP contribution in [0, 0.1) is 5.82 Å². The fraction of sp³-hybridized carbons (Fsp3) is 0.545. The summed E-state index contributed by atoms with van der Waals surface area (Å²) < 4.78 is 13.8. The first-order chi connectivity index (χ1) is 8.34.